The van der Waals surface area contributed by atoms with Gasteiger partial charge in [-0.1, -0.05) is 48.5 Å². The Kier molecular flexibility index (Phi) is 5.31. The molecule has 2 rings (SSSR count). The Bertz CT molecular complexity index is 441. The normalized spacial score (nSPS) is 12.3. The molecule has 94 valence electrons. The van der Waals surface area contributed by atoms with E-state index in [0.717, 1.165) is 12.3 Å². The summed E-state index contributed by atoms with van der Waals surface area (Å²) in [5, 5.41) is 3.55. The molecule has 1 unspecified atom stereocenters. The molecule has 0 heterocycles. The van der Waals surface area contributed by atoms with Crippen LogP contribution in [-0.2, 0) is 0 Å². The van der Waals surface area contributed by atoms with Crippen molar-refractivity contribution in [1.29, 1.82) is 0 Å². The highest BCUT2D eigenvalue weighted by atomic mass is 32.2. The third kappa shape index (κ3) is 4.21. The van der Waals surface area contributed by atoms with Gasteiger partial charge < -0.3 is 5.32 Å². The number of hydrogen-bond acceptors (Lipinski definition) is 2. The van der Waals surface area contributed by atoms with Gasteiger partial charge in [-0.2, -0.15) is 0 Å². The number of thioether (sulfide) groups is 1. The number of hydrogen-bond donors (Lipinski definition) is 1. The lowest BCUT2D eigenvalue weighted by Crippen LogP contribution is -2.21. The molecule has 18 heavy (non-hydrogen) atoms. The van der Waals surface area contributed by atoms with Crippen molar-refractivity contribution in [2.45, 2.75) is 17.9 Å². The lowest BCUT2D eigenvalue weighted by atomic mass is 10.1. The molecular weight excluding hydrogens is 238 g/mol. The van der Waals surface area contributed by atoms with Gasteiger partial charge in [0.1, 0.15) is 0 Å². The van der Waals surface area contributed by atoms with Crippen LogP contribution in [-0.4, -0.2) is 12.3 Å². The molecule has 0 aliphatic rings. The molecule has 0 radical (unpaired) electrons. The van der Waals surface area contributed by atoms with Gasteiger partial charge in [0.05, 0.1) is 0 Å². The van der Waals surface area contributed by atoms with Crippen molar-refractivity contribution in [3.8, 4) is 0 Å². The van der Waals surface area contributed by atoms with Gasteiger partial charge in [0.15, 0.2) is 0 Å². The largest absolute Gasteiger partial charge is 0.309 e. The van der Waals surface area contributed by atoms with Crippen molar-refractivity contribution in [2.75, 3.05) is 12.3 Å². The van der Waals surface area contributed by atoms with E-state index in [1.807, 2.05) is 11.8 Å². The summed E-state index contributed by atoms with van der Waals surface area (Å²) < 4.78 is 0. The molecule has 0 aliphatic carbocycles. The summed E-state index contributed by atoms with van der Waals surface area (Å²) in [6, 6.07) is 21.5. The standard InChI is InChI=1S/C16H19NS/c1-14(15-8-4-2-5-9-15)17-12-13-18-16-10-6-3-7-11-16/h2-11,14,17H,12-13H2,1H3. The maximum absolute atomic E-state index is 3.55. The molecule has 0 amide bonds. The van der Waals surface area contributed by atoms with Crippen LogP contribution in [0.5, 0.6) is 0 Å². The second-order valence-electron chi connectivity index (χ2n) is 4.25. The molecule has 0 saturated heterocycles. The third-order valence-corrected chi connectivity index (χ3v) is 3.88. The summed E-state index contributed by atoms with van der Waals surface area (Å²) in [7, 11) is 0. The van der Waals surface area contributed by atoms with E-state index in [1.54, 1.807) is 0 Å². The first-order valence-corrected chi connectivity index (χ1v) is 7.31. The first-order chi connectivity index (χ1) is 8.86. The van der Waals surface area contributed by atoms with Crippen molar-refractivity contribution >= 4 is 11.8 Å². The van der Waals surface area contributed by atoms with Crippen LogP contribution in [0.1, 0.15) is 18.5 Å². The highest BCUT2D eigenvalue weighted by Gasteiger charge is 2.02. The zero-order chi connectivity index (χ0) is 12.6. The molecule has 0 saturated carbocycles. The fourth-order valence-electron chi connectivity index (χ4n) is 1.82. The van der Waals surface area contributed by atoms with E-state index in [9.17, 15) is 0 Å². The highest BCUT2D eigenvalue weighted by molar-refractivity contribution is 7.99. The van der Waals surface area contributed by atoms with E-state index in [1.165, 1.54) is 10.5 Å². The second kappa shape index (κ2) is 7.24. The van der Waals surface area contributed by atoms with Crippen molar-refractivity contribution in [3.63, 3.8) is 0 Å². The summed E-state index contributed by atoms with van der Waals surface area (Å²) >= 11 is 1.90. The molecule has 0 bridgehead atoms. The van der Waals surface area contributed by atoms with Crippen molar-refractivity contribution in [3.05, 3.63) is 66.2 Å². The third-order valence-electron chi connectivity index (χ3n) is 2.86. The van der Waals surface area contributed by atoms with Crippen LogP contribution in [0.15, 0.2) is 65.6 Å². The van der Waals surface area contributed by atoms with Crippen LogP contribution >= 0.6 is 11.8 Å². The van der Waals surface area contributed by atoms with Crippen LogP contribution in [0.2, 0.25) is 0 Å². The molecule has 2 aromatic carbocycles. The van der Waals surface area contributed by atoms with Crippen LogP contribution in [0.4, 0.5) is 0 Å². The van der Waals surface area contributed by atoms with Gasteiger partial charge in [0.2, 0.25) is 0 Å². The molecule has 1 atom stereocenters. The Morgan fingerprint density at radius 3 is 2.22 bits per heavy atom. The van der Waals surface area contributed by atoms with Gasteiger partial charge >= 0.3 is 0 Å². The van der Waals surface area contributed by atoms with E-state index in [-0.39, 0.29) is 0 Å². The van der Waals surface area contributed by atoms with Gasteiger partial charge in [0, 0.05) is 23.2 Å². The molecular formula is C16H19NS. The maximum Gasteiger partial charge on any atom is 0.0292 e. The summed E-state index contributed by atoms with van der Waals surface area (Å²) in [6.45, 7) is 3.23. The second-order valence-corrected chi connectivity index (χ2v) is 5.42. The van der Waals surface area contributed by atoms with Crippen molar-refractivity contribution in [2.24, 2.45) is 0 Å². The van der Waals surface area contributed by atoms with E-state index >= 15 is 0 Å². The van der Waals surface area contributed by atoms with Crippen LogP contribution < -0.4 is 5.32 Å². The van der Waals surface area contributed by atoms with Gasteiger partial charge in [0.25, 0.3) is 0 Å². The molecule has 0 aliphatic heterocycles. The number of benzene rings is 2. The lowest BCUT2D eigenvalue weighted by molar-refractivity contribution is 0.601. The minimum Gasteiger partial charge on any atom is -0.309 e. The maximum atomic E-state index is 3.55. The zero-order valence-electron chi connectivity index (χ0n) is 10.7. The predicted molar refractivity (Wildman–Crippen MR) is 80.0 cm³/mol. The fraction of sp³-hybridized carbons (Fsp3) is 0.250. The Morgan fingerprint density at radius 1 is 0.944 bits per heavy atom. The molecule has 0 aromatic heterocycles. The first kappa shape index (κ1) is 13.2. The summed E-state index contributed by atoms with van der Waals surface area (Å²) in [6.07, 6.45) is 0. The minimum absolute atomic E-state index is 0.419. The van der Waals surface area contributed by atoms with Gasteiger partial charge in [-0.3, -0.25) is 0 Å². The van der Waals surface area contributed by atoms with Crippen LogP contribution in [0.3, 0.4) is 0 Å². The average molecular weight is 257 g/mol. The molecule has 0 spiro atoms. The van der Waals surface area contributed by atoms with Gasteiger partial charge in [-0.05, 0) is 24.6 Å². The Hall–Kier alpha value is -1.25. The molecule has 1 nitrogen and oxygen atoms in total. The monoisotopic (exact) mass is 257 g/mol. The fourth-order valence-corrected chi connectivity index (χ4v) is 2.63. The Morgan fingerprint density at radius 2 is 1.56 bits per heavy atom. The van der Waals surface area contributed by atoms with Crippen LogP contribution in [0.25, 0.3) is 0 Å². The van der Waals surface area contributed by atoms with E-state index in [2.05, 4.69) is 72.9 Å². The molecule has 0 fully saturated rings. The molecule has 2 heteroatoms. The minimum atomic E-state index is 0.419. The number of rotatable bonds is 6. The molecule has 1 N–H and O–H groups in total. The lowest BCUT2D eigenvalue weighted by Gasteiger charge is -2.13. The van der Waals surface area contributed by atoms with Crippen LogP contribution in [0, 0.1) is 0 Å². The number of nitrogens with one attached hydrogen (secondary N) is 1. The quantitative estimate of drug-likeness (QED) is 0.617. The van der Waals surface area contributed by atoms with E-state index < -0.39 is 0 Å². The Balaban J connectivity index is 1.70. The Labute approximate surface area is 114 Å². The van der Waals surface area contributed by atoms with Gasteiger partial charge in [-0.25, -0.2) is 0 Å². The van der Waals surface area contributed by atoms with Gasteiger partial charge in [-0.15, -0.1) is 11.8 Å². The molecule has 2 aromatic rings. The predicted octanol–water partition coefficient (Wildman–Crippen LogP) is 4.13. The summed E-state index contributed by atoms with van der Waals surface area (Å²) in [5.41, 5.74) is 1.35. The van der Waals surface area contributed by atoms with Crippen molar-refractivity contribution in [1.82, 2.24) is 5.32 Å². The topological polar surface area (TPSA) is 12.0 Å². The summed E-state index contributed by atoms with van der Waals surface area (Å²) in [4.78, 5) is 1.34. The van der Waals surface area contributed by atoms with E-state index in [0.29, 0.717) is 6.04 Å². The highest BCUT2D eigenvalue weighted by Crippen LogP contribution is 2.16. The first-order valence-electron chi connectivity index (χ1n) is 6.32. The average Bonchev–Trinajstić information content (AvgIpc) is 2.45. The van der Waals surface area contributed by atoms with Crippen molar-refractivity contribution < 1.29 is 0 Å². The zero-order valence-corrected chi connectivity index (χ0v) is 11.5. The van der Waals surface area contributed by atoms with E-state index in [4.69, 9.17) is 0 Å². The summed E-state index contributed by atoms with van der Waals surface area (Å²) in [5.74, 6) is 1.10. The SMILES string of the molecule is CC(NCCSc1ccccc1)c1ccccc1. The smallest absolute Gasteiger partial charge is 0.0292 e.